The van der Waals surface area contributed by atoms with Gasteiger partial charge in [-0.05, 0) is 50.9 Å². The normalized spacial score (nSPS) is 23.3. The van der Waals surface area contributed by atoms with Gasteiger partial charge in [-0.15, -0.1) is 0 Å². The van der Waals surface area contributed by atoms with Crippen LogP contribution in [0.2, 0.25) is 0 Å². The van der Waals surface area contributed by atoms with Crippen LogP contribution in [0.15, 0.2) is 24.3 Å². The van der Waals surface area contributed by atoms with Gasteiger partial charge >= 0.3 is 26.2 Å². The topological polar surface area (TPSA) is 0 Å². The first-order chi connectivity index (χ1) is 11.2. The van der Waals surface area contributed by atoms with Crippen molar-refractivity contribution in [1.82, 2.24) is 0 Å². The predicted octanol–water partition coefficient (Wildman–Crippen LogP) is 5.76. The summed E-state index contributed by atoms with van der Waals surface area (Å²) in [4.78, 5) is 0. The maximum absolute atomic E-state index is 4.14. The van der Waals surface area contributed by atoms with Gasteiger partial charge in [0.1, 0.15) is 0 Å². The minimum Gasteiger partial charge on any atom is -0.342 e. The third-order valence-corrected chi connectivity index (χ3v) is 4.52. The molecular weight excluding hydrogens is 367 g/mol. The van der Waals surface area contributed by atoms with Crippen molar-refractivity contribution in [3.8, 4) is 0 Å². The van der Waals surface area contributed by atoms with Crippen molar-refractivity contribution in [2.45, 2.75) is 33.1 Å². The fraction of sp³-hybridized carbons (Fsp3) is 0.304. The quantitative estimate of drug-likeness (QED) is 0.502. The third-order valence-electron chi connectivity index (χ3n) is 4.52. The molecule has 0 amide bonds. The van der Waals surface area contributed by atoms with Gasteiger partial charge in [0.2, 0.25) is 0 Å². The number of fused-ring (bicyclic) bond motifs is 1. The van der Waals surface area contributed by atoms with E-state index in [2.05, 4.69) is 96.4 Å². The Bertz CT molecular complexity index is 346. The largest absolute Gasteiger partial charge is 4.00 e. The van der Waals surface area contributed by atoms with E-state index >= 15 is 0 Å². The van der Waals surface area contributed by atoms with Gasteiger partial charge in [0.05, 0.1) is 0 Å². The van der Waals surface area contributed by atoms with Gasteiger partial charge in [-0.3, -0.25) is 0 Å². The average Bonchev–Trinajstić information content (AvgIpc) is 3.25. The summed E-state index contributed by atoms with van der Waals surface area (Å²) in [5, 5.41) is 0. The van der Waals surface area contributed by atoms with E-state index in [9.17, 15) is 0 Å². The minimum absolute atomic E-state index is 0. The molecule has 0 saturated heterocycles. The second kappa shape index (κ2) is 12.7. The molecule has 2 atom stereocenters. The van der Waals surface area contributed by atoms with Crippen molar-refractivity contribution >= 4 is 0 Å². The van der Waals surface area contributed by atoms with Crippen molar-refractivity contribution < 1.29 is 26.2 Å². The van der Waals surface area contributed by atoms with Crippen molar-refractivity contribution in [2.75, 3.05) is 0 Å². The smallest absolute Gasteiger partial charge is 0.342 e. The molecule has 10 radical (unpaired) electrons. The van der Waals surface area contributed by atoms with E-state index in [4.69, 9.17) is 0 Å². The first kappa shape index (κ1) is 22.4. The summed E-state index contributed by atoms with van der Waals surface area (Å²) in [6, 6.07) is 0. The van der Waals surface area contributed by atoms with Gasteiger partial charge in [0, 0.05) is 11.8 Å². The molecule has 0 N–H and O–H groups in total. The summed E-state index contributed by atoms with van der Waals surface area (Å²) >= 11 is 0. The van der Waals surface area contributed by atoms with Gasteiger partial charge < -0.3 is 13.3 Å². The minimum atomic E-state index is 0. The average molecular weight is 396 g/mol. The second-order valence-corrected chi connectivity index (χ2v) is 6.25. The molecule has 0 aromatic rings. The first-order valence-corrected chi connectivity index (χ1v) is 8.68. The van der Waals surface area contributed by atoms with Crippen LogP contribution in [0.25, 0.3) is 0 Å². The maximum atomic E-state index is 4.14. The number of hydrogen-bond acceptors (Lipinski definition) is 0. The molecule has 0 bridgehead atoms. The SMILES string of the molecule is [CH2-]C(CC)C(C)[CH-]CC[C]1[CH][CH][CH][CH]1.[CH]1[CH][C]2C=CC=C[C]2[CH]1.[Zr+4]. The molecule has 2 unspecified atom stereocenters. The number of allylic oxidation sites excluding steroid dienone is 4. The van der Waals surface area contributed by atoms with Crippen molar-refractivity contribution in [1.29, 1.82) is 0 Å². The molecule has 0 heterocycles. The molecule has 24 heavy (non-hydrogen) atoms. The molecule has 1 heteroatoms. The summed E-state index contributed by atoms with van der Waals surface area (Å²) in [6.45, 7) is 8.62. The van der Waals surface area contributed by atoms with Gasteiger partial charge in [-0.2, -0.15) is 18.3 Å². The van der Waals surface area contributed by atoms with Crippen LogP contribution in [0.3, 0.4) is 0 Å². The summed E-state index contributed by atoms with van der Waals surface area (Å²) in [5.41, 5.74) is 0. The Morgan fingerprint density at radius 2 is 1.54 bits per heavy atom. The second-order valence-electron chi connectivity index (χ2n) is 6.25. The molecule has 0 nitrogen and oxygen atoms in total. The van der Waals surface area contributed by atoms with Gasteiger partial charge in [0.25, 0.3) is 0 Å². The fourth-order valence-corrected chi connectivity index (χ4v) is 2.73. The zero-order valence-corrected chi connectivity index (χ0v) is 17.4. The fourth-order valence-electron chi connectivity index (χ4n) is 2.73. The molecule has 0 aromatic heterocycles. The van der Waals surface area contributed by atoms with Gasteiger partial charge in [0.15, 0.2) is 0 Å². The van der Waals surface area contributed by atoms with E-state index in [0.29, 0.717) is 11.8 Å². The molecule has 0 aliphatic heterocycles. The zero-order chi connectivity index (χ0) is 16.5. The molecule has 3 aliphatic rings. The van der Waals surface area contributed by atoms with Gasteiger partial charge in [-0.25, -0.2) is 0 Å². The van der Waals surface area contributed by atoms with Crippen LogP contribution >= 0.6 is 0 Å². The molecule has 0 spiro atoms. The van der Waals surface area contributed by atoms with Crippen LogP contribution in [0.4, 0.5) is 0 Å². The predicted molar refractivity (Wildman–Crippen MR) is 99.9 cm³/mol. The molecule has 0 aromatic carbocycles. The van der Waals surface area contributed by atoms with Crippen LogP contribution in [0.5, 0.6) is 0 Å². The van der Waals surface area contributed by atoms with E-state index in [0.717, 1.165) is 0 Å². The van der Waals surface area contributed by atoms with E-state index in [1.165, 1.54) is 37.0 Å². The third kappa shape index (κ3) is 7.72. The van der Waals surface area contributed by atoms with Crippen LogP contribution in [-0.4, -0.2) is 0 Å². The summed E-state index contributed by atoms with van der Waals surface area (Å²) in [7, 11) is 0. The van der Waals surface area contributed by atoms with Crippen LogP contribution < -0.4 is 0 Å². The van der Waals surface area contributed by atoms with Gasteiger partial charge in [-0.1, -0.05) is 51.0 Å². The standard InChI is InChI=1S/C14H21.C9H7.Zr/c1-4-12(2)13(3)8-7-11-14-9-5-6-10-14;1-2-5-9-7-3-6-8(9)4-1;/h5-6,8-10,12-13H,2,4,7,11H2,1,3H3;1-7H;/q-2;;+4. The van der Waals surface area contributed by atoms with E-state index in [1.54, 1.807) is 0 Å². The molecule has 2 fully saturated rings. The van der Waals surface area contributed by atoms with Crippen molar-refractivity contribution in [3.05, 3.63) is 100 Å². The number of rotatable bonds is 6. The Labute approximate surface area is 171 Å². The van der Waals surface area contributed by atoms with Crippen LogP contribution in [-0.2, 0) is 26.2 Å². The zero-order valence-electron chi connectivity index (χ0n) is 14.9. The molecule has 3 rings (SSSR count). The molecular formula is C23H28Zr+2. The van der Waals surface area contributed by atoms with Crippen LogP contribution in [0.1, 0.15) is 33.1 Å². The molecule has 3 aliphatic carbocycles. The van der Waals surface area contributed by atoms with Crippen LogP contribution in [0, 0.1) is 87.9 Å². The summed E-state index contributed by atoms with van der Waals surface area (Å²) in [5.74, 6) is 5.34. The van der Waals surface area contributed by atoms with Crippen molar-refractivity contribution in [3.63, 3.8) is 0 Å². The maximum Gasteiger partial charge on any atom is 4.00 e. The molecule has 122 valence electrons. The Balaban J connectivity index is 0.000000248. The Kier molecular flexibility index (Phi) is 11.8. The summed E-state index contributed by atoms with van der Waals surface area (Å²) < 4.78 is 0. The first-order valence-electron chi connectivity index (χ1n) is 8.68. The number of hydrogen-bond donors (Lipinski definition) is 0. The summed E-state index contributed by atoms with van der Waals surface area (Å²) in [6.07, 6.45) is 29.2. The Morgan fingerprint density at radius 1 is 0.958 bits per heavy atom. The Morgan fingerprint density at radius 3 is 2.08 bits per heavy atom. The van der Waals surface area contributed by atoms with E-state index < -0.39 is 0 Å². The molecule has 2 saturated carbocycles. The Hall–Kier alpha value is 0.363. The van der Waals surface area contributed by atoms with Crippen molar-refractivity contribution in [2.24, 2.45) is 11.8 Å². The monoisotopic (exact) mass is 394 g/mol. The van der Waals surface area contributed by atoms with E-state index in [1.807, 2.05) is 0 Å². The van der Waals surface area contributed by atoms with E-state index in [-0.39, 0.29) is 26.2 Å².